The van der Waals surface area contributed by atoms with Crippen LogP contribution in [0.15, 0.2) is 42.5 Å². The highest BCUT2D eigenvalue weighted by molar-refractivity contribution is 6.07. The normalized spacial score (nSPS) is 11.4. The molecule has 0 aliphatic carbocycles. The Morgan fingerprint density at radius 3 is 2.56 bits per heavy atom. The first-order chi connectivity index (χ1) is 12.2. The molecule has 126 valence electrons. The van der Waals surface area contributed by atoms with E-state index in [0.717, 1.165) is 38.9 Å². The first-order valence-corrected chi connectivity index (χ1v) is 8.10. The molecule has 2 aromatic heterocycles. The molecule has 0 unspecified atom stereocenters. The van der Waals surface area contributed by atoms with Gasteiger partial charge in [-0.1, -0.05) is 18.2 Å². The van der Waals surface area contributed by atoms with Crippen molar-refractivity contribution in [1.82, 2.24) is 15.0 Å². The second-order valence-corrected chi connectivity index (χ2v) is 5.97. The predicted molar refractivity (Wildman–Crippen MR) is 96.6 cm³/mol. The number of benzene rings is 2. The van der Waals surface area contributed by atoms with Crippen molar-refractivity contribution in [2.75, 3.05) is 12.3 Å². The molecule has 0 atom stereocenters. The van der Waals surface area contributed by atoms with Gasteiger partial charge in [-0.3, -0.25) is 0 Å². The van der Waals surface area contributed by atoms with Crippen molar-refractivity contribution in [2.24, 2.45) is 0 Å². The van der Waals surface area contributed by atoms with Crippen molar-refractivity contribution >= 4 is 27.8 Å². The quantitative estimate of drug-likeness (QED) is 0.533. The number of hydrogen-bond acceptors (Lipinski definition) is 4. The maximum Gasteiger partial charge on any atom is 0.150 e. The van der Waals surface area contributed by atoms with Gasteiger partial charge in [-0.25, -0.2) is 14.4 Å². The summed E-state index contributed by atoms with van der Waals surface area (Å²) in [7, 11) is 0. The molecule has 2 aromatic carbocycles. The number of hydrogen-bond donors (Lipinski definition) is 3. The Balaban J connectivity index is 1.85. The summed E-state index contributed by atoms with van der Waals surface area (Å²) in [6.45, 7) is 0.118. The number of rotatable bonds is 4. The zero-order valence-electron chi connectivity index (χ0n) is 13.5. The maximum atomic E-state index is 13.1. The fourth-order valence-corrected chi connectivity index (χ4v) is 3.00. The summed E-state index contributed by atoms with van der Waals surface area (Å²) in [5.74, 6) is 0.912. The molecule has 6 heteroatoms. The van der Waals surface area contributed by atoms with Crippen LogP contribution in [0, 0.1) is 5.82 Å². The third kappa shape index (κ3) is 2.81. The average Bonchev–Trinajstić information content (AvgIpc) is 3.05. The van der Waals surface area contributed by atoms with Crippen molar-refractivity contribution in [1.29, 1.82) is 0 Å². The number of nitrogens with two attached hydrogens (primary N) is 1. The first-order valence-electron chi connectivity index (χ1n) is 8.10. The van der Waals surface area contributed by atoms with Crippen molar-refractivity contribution in [2.45, 2.75) is 12.8 Å². The van der Waals surface area contributed by atoms with Crippen LogP contribution in [0.1, 0.15) is 12.2 Å². The Kier molecular flexibility index (Phi) is 3.82. The van der Waals surface area contributed by atoms with Crippen molar-refractivity contribution in [3.05, 3.63) is 54.1 Å². The Hall–Kier alpha value is -2.99. The number of nitrogen functional groups attached to an aromatic ring is 1. The van der Waals surface area contributed by atoms with Crippen LogP contribution in [0.2, 0.25) is 0 Å². The Morgan fingerprint density at radius 2 is 1.80 bits per heavy atom. The number of pyridine rings is 1. The van der Waals surface area contributed by atoms with Crippen LogP contribution in [-0.2, 0) is 6.42 Å². The van der Waals surface area contributed by atoms with E-state index in [0.29, 0.717) is 18.7 Å². The monoisotopic (exact) mass is 336 g/mol. The van der Waals surface area contributed by atoms with E-state index in [4.69, 9.17) is 10.8 Å². The van der Waals surface area contributed by atoms with Crippen LogP contribution in [-0.4, -0.2) is 26.7 Å². The topological polar surface area (TPSA) is 87.8 Å². The smallest absolute Gasteiger partial charge is 0.150 e. The lowest BCUT2D eigenvalue weighted by Crippen LogP contribution is -1.93. The number of aryl methyl sites for hydroxylation is 1. The number of nitrogens with zero attached hydrogens (tertiary/aromatic N) is 2. The lowest BCUT2D eigenvalue weighted by atomic mass is 10.0. The van der Waals surface area contributed by atoms with Crippen molar-refractivity contribution in [3.63, 3.8) is 0 Å². The zero-order chi connectivity index (χ0) is 17.4. The van der Waals surface area contributed by atoms with Gasteiger partial charge in [0.05, 0.1) is 5.52 Å². The number of aromatic amines is 1. The lowest BCUT2D eigenvalue weighted by Gasteiger charge is -2.05. The van der Waals surface area contributed by atoms with Gasteiger partial charge in [0.25, 0.3) is 0 Å². The molecule has 4 aromatic rings. The Labute approximate surface area is 143 Å². The number of nitrogens with one attached hydrogen (secondary N) is 1. The number of anilines is 1. The number of aromatic nitrogens is 3. The Morgan fingerprint density at radius 1 is 1.04 bits per heavy atom. The number of H-pyrrole nitrogens is 1. The first kappa shape index (κ1) is 15.5. The summed E-state index contributed by atoms with van der Waals surface area (Å²) in [6, 6.07) is 12.2. The molecule has 0 saturated carbocycles. The minimum atomic E-state index is -0.263. The standard InChI is InChI=1S/C19H17FN4O/c20-13-6-3-11(4-7-13)12-5-8-14-15(10-12)22-19(21)18-17(14)23-16(24-18)2-1-9-25/h3-8,10,25H,1-2,9H2,(H2,21,22)(H,23,24). The molecule has 5 nitrogen and oxygen atoms in total. The molecule has 4 rings (SSSR count). The molecular weight excluding hydrogens is 319 g/mol. The molecule has 0 amide bonds. The van der Waals surface area contributed by atoms with Gasteiger partial charge in [-0.15, -0.1) is 0 Å². The third-order valence-electron chi connectivity index (χ3n) is 4.25. The minimum absolute atomic E-state index is 0.118. The van der Waals surface area contributed by atoms with E-state index >= 15 is 0 Å². The van der Waals surface area contributed by atoms with Crippen molar-refractivity contribution in [3.8, 4) is 11.1 Å². The molecule has 2 heterocycles. The number of fused-ring (bicyclic) bond motifs is 3. The summed E-state index contributed by atoms with van der Waals surface area (Å²) in [6.07, 6.45) is 1.29. The fourth-order valence-electron chi connectivity index (χ4n) is 3.00. The maximum absolute atomic E-state index is 13.1. The van der Waals surface area contributed by atoms with Gasteiger partial charge in [0, 0.05) is 18.4 Å². The van der Waals surface area contributed by atoms with Gasteiger partial charge >= 0.3 is 0 Å². The Bertz CT molecular complexity index is 1060. The van der Waals surface area contributed by atoms with Crippen LogP contribution in [0.3, 0.4) is 0 Å². The molecule has 0 fully saturated rings. The molecular formula is C19H17FN4O. The van der Waals surface area contributed by atoms with Crippen LogP contribution in [0.5, 0.6) is 0 Å². The number of aliphatic hydroxyl groups is 1. The lowest BCUT2D eigenvalue weighted by molar-refractivity contribution is 0.287. The summed E-state index contributed by atoms with van der Waals surface area (Å²) >= 11 is 0. The molecule has 0 aliphatic rings. The number of halogens is 1. The molecule has 0 saturated heterocycles. The summed E-state index contributed by atoms with van der Waals surface area (Å²) in [5.41, 5.74) is 10.2. The minimum Gasteiger partial charge on any atom is -0.396 e. The fraction of sp³-hybridized carbons (Fsp3) is 0.158. The van der Waals surface area contributed by atoms with Gasteiger partial charge in [0.1, 0.15) is 28.5 Å². The summed E-state index contributed by atoms with van der Waals surface area (Å²) < 4.78 is 13.1. The molecule has 4 N–H and O–H groups in total. The molecule has 25 heavy (non-hydrogen) atoms. The van der Waals surface area contributed by atoms with E-state index in [1.165, 1.54) is 12.1 Å². The van der Waals surface area contributed by atoms with E-state index < -0.39 is 0 Å². The molecule has 0 bridgehead atoms. The van der Waals surface area contributed by atoms with E-state index in [1.807, 2.05) is 18.2 Å². The predicted octanol–water partition coefficient (Wildman–Crippen LogP) is 3.42. The second kappa shape index (κ2) is 6.14. The molecule has 0 spiro atoms. The van der Waals surface area contributed by atoms with Gasteiger partial charge in [0.15, 0.2) is 0 Å². The van der Waals surface area contributed by atoms with Crippen LogP contribution < -0.4 is 5.73 Å². The highest BCUT2D eigenvalue weighted by Crippen LogP contribution is 2.30. The summed E-state index contributed by atoms with van der Waals surface area (Å²) in [5, 5.41) is 9.89. The van der Waals surface area contributed by atoms with E-state index in [2.05, 4.69) is 15.0 Å². The number of aliphatic hydroxyl groups excluding tert-OH is 1. The van der Waals surface area contributed by atoms with E-state index in [9.17, 15) is 4.39 Å². The SMILES string of the molecule is Nc1nc2cc(-c3ccc(F)cc3)ccc2c2nc(CCCO)[nH]c12. The van der Waals surface area contributed by atoms with E-state index in [-0.39, 0.29) is 12.4 Å². The van der Waals surface area contributed by atoms with Gasteiger partial charge < -0.3 is 15.8 Å². The third-order valence-corrected chi connectivity index (χ3v) is 4.25. The van der Waals surface area contributed by atoms with Gasteiger partial charge in [-0.2, -0.15) is 0 Å². The second-order valence-electron chi connectivity index (χ2n) is 5.97. The van der Waals surface area contributed by atoms with Crippen LogP contribution >= 0.6 is 0 Å². The molecule has 0 aliphatic heterocycles. The van der Waals surface area contributed by atoms with Crippen LogP contribution in [0.25, 0.3) is 33.1 Å². The van der Waals surface area contributed by atoms with Gasteiger partial charge in [0.2, 0.25) is 0 Å². The highest BCUT2D eigenvalue weighted by atomic mass is 19.1. The van der Waals surface area contributed by atoms with Crippen molar-refractivity contribution < 1.29 is 9.50 Å². The largest absolute Gasteiger partial charge is 0.396 e. The van der Waals surface area contributed by atoms with Gasteiger partial charge in [-0.05, 0) is 41.8 Å². The zero-order valence-corrected chi connectivity index (χ0v) is 13.5. The average molecular weight is 336 g/mol. The van der Waals surface area contributed by atoms with E-state index in [1.54, 1.807) is 12.1 Å². The number of imidazole rings is 1. The molecule has 0 radical (unpaired) electrons. The van der Waals surface area contributed by atoms with Crippen LogP contribution in [0.4, 0.5) is 10.2 Å². The highest BCUT2D eigenvalue weighted by Gasteiger charge is 2.12. The summed E-state index contributed by atoms with van der Waals surface area (Å²) in [4.78, 5) is 12.3.